The van der Waals surface area contributed by atoms with Gasteiger partial charge in [-0.2, -0.15) is 0 Å². The number of H-pyrrole nitrogens is 1. The second-order valence-electron chi connectivity index (χ2n) is 8.35. The standard InChI is InChI=1S/C22H28FN5O2/c1-15-4-7-19(23)17(11-15)12-25-22(30)28(18-5-6-18)14-16-3-2-10-27(13-16)21-24-9-8-20(29)26-21/h4,7-9,11,16,18H,2-3,5-6,10,12-14H2,1H3,(H,25,30)(H,24,26,29). The van der Waals surface area contributed by atoms with Crippen molar-refractivity contribution >= 4 is 12.0 Å². The summed E-state index contributed by atoms with van der Waals surface area (Å²) in [6, 6.07) is 6.46. The molecule has 2 aliphatic rings. The van der Waals surface area contributed by atoms with Crippen LogP contribution in [-0.2, 0) is 6.54 Å². The second-order valence-corrected chi connectivity index (χ2v) is 8.35. The number of anilines is 1. The normalized spacial score (nSPS) is 18.9. The fourth-order valence-corrected chi connectivity index (χ4v) is 4.10. The van der Waals surface area contributed by atoms with Crippen molar-refractivity contribution in [2.45, 2.75) is 45.2 Å². The summed E-state index contributed by atoms with van der Waals surface area (Å²) in [5.74, 6) is 0.585. The van der Waals surface area contributed by atoms with Gasteiger partial charge < -0.3 is 15.1 Å². The zero-order valence-electron chi connectivity index (χ0n) is 17.2. The predicted molar refractivity (Wildman–Crippen MR) is 113 cm³/mol. The highest BCUT2D eigenvalue weighted by atomic mass is 19.1. The molecule has 2 heterocycles. The van der Waals surface area contributed by atoms with Crippen molar-refractivity contribution in [3.05, 3.63) is 57.8 Å². The molecule has 1 unspecified atom stereocenters. The van der Waals surface area contributed by atoms with E-state index >= 15 is 0 Å². The Morgan fingerprint density at radius 3 is 2.93 bits per heavy atom. The molecule has 2 aromatic rings. The van der Waals surface area contributed by atoms with Crippen molar-refractivity contribution in [2.75, 3.05) is 24.5 Å². The number of aryl methyl sites for hydroxylation is 1. The summed E-state index contributed by atoms with van der Waals surface area (Å²) in [7, 11) is 0. The van der Waals surface area contributed by atoms with Gasteiger partial charge in [-0.15, -0.1) is 0 Å². The largest absolute Gasteiger partial charge is 0.342 e. The smallest absolute Gasteiger partial charge is 0.317 e. The highest BCUT2D eigenvalue weighted by molar-refractivity contribution is 5.75. The van der Waals surface area contributed by atoms with E-state index in [1.807, 2.05) is 11.8 Å². The minimum absolute atomic E-state index is 0.137. The van der Waals surface area contributed by atoms with Crippen LogP contribution in [0.15, 0.2) is 35.3 Å². The van der Waals surface area contributed by atoms with Crippen LogP contribution in [0, 0.1) is 18.7 Å². The van der Waals surface area contributed by atoms with E-state index in [0.29, 0.717) is 24.0 Å². The number of urea groups is 1. The van der Waals surface area contributed by atoms with Gasteiger partial charge in [0.05, 0.1) is 0 Å². The number of hydrogen-bond donors (Lipinski definition) is 2. The van der Waals surface area contributed by atoms with Gasteiger partial charge >= 0.3 is 6.03 Å². The van der Waals surface area contributed by atoms with Crippen LogP contribution in [0.1, 0.15) is 36.8 Å². The molecule has 1 saturated carbocycles. The Hall–Kier alpha value is -2.90. The summed E-state index contributed by atoms with van der Waals surface area (Å²) in [4.78, 5) is 35.5. The van der Waals surface area contributed by atoms with Gasteiger partial charge in [0.2, 0.25) is 5.95 Å². The summed E-state index contributed by atoms with van der Waals surface area (Å²) in [5.41, 5.74) is 1.31. The lowest BCUT2D eigenvalue weighted by atomic mass is 9.97. The molecule has 1 aliphatic heterocycles. The lowest BCUT2D eigenvalue weighted by Gasteiger charge is -2.36. The van der Waals surface area contributed by atoms with Crippen molar-refractivity contribution in [3.8, 4) is 0 Å². The average Bonchev–Trinajstić information content (AvgIpc) is 3.58. The molecule has 1 saturated heterocycles. The Kier molecular flexibility index (Phi) is 6.01. The molecule has 0 spiro atoms. The molecular weight excluding hydrogens is 385 g/mol. The summed E-state index contributed by atoms with van der Waals surface area (Å²) < 4.78 is 14.0. The van der Waals surface area contributed by atoms with Gasteiger partial charge in [-0.1, -0.05) is 17.7 Å². The Labute approximate surface area is 175 Å². The SMILES string of the molecule is Cc1ccc(F)c(CNC(=O)N(CC2CCCN(c3nccc(=O)[nH]3)C2)C2CC2)c1. The monoisotopic (exact) mass is 413 g/mol. The highest BCUT2D eigenvalue weighted by Crippen LogP contribution is 2.30. The second kappa shape index (κ2) is 8.85. The quantitative estimate of drug-likeness (QED) is 0.763. The van der Waals surface area contributed by atoms with E-state index in [9.17, 15) is 14.0 Å². The average molecular weight is 413 g/mol. The Morgan fingerprint density at radius 1 is 1.33 bits per heavy atom. The van der Waals surface area contributed by atoms with E-state index in [1.54, 1.807) is 12.1 Å². The topological polar surface area (TPSA) is 81.3 Å². The number of piperidine rings is 1. The van der Waals surface area contributed by atoms with Gasteiger partial charge in [0.15, 0.2) is 0 Å². The number of benzene rings is 1. The van der Waals surface area contributed by atoms with Crippen LogP contribution in [0.3, 0.4) is 0 Å². The first-order valence-electron chi connectivity index (χ1n) is 10.6. The van der Waals surface area contributed by atoms with E-state index in [0.717, 1.165) is 44.3 Å². The number of rotatable bonds is 6. The number of amides is 2. The Morgan fingerprint density at radius 2 is 2.17 bits per heavy atom. The highest BCUT2D eigenvalue weighted by Gasteiger charge is 2.35. The first-order chi connectivity index (χ1) is 14.5. The molecule has 7 nitrogen and oxygen atoms in total. The maximum atomic E-state index is 14.0. The minimum Gasteiger partial charge on any atom is -0.342 e. The third-order valence-corrected chi connectivity index (χ3v) is 5.81. The maximum absolute atomic E-state index is 14.0. The van der Waals surface area contributed by atoms with Crippen LogP contribution in [0.4, 0.5) is 15.1 Å². The third kappa shape index (κ3) is 4.98. The molecule has 1 aromatic heterocycles. The lowest BCUT2D eigenvalue weighted by molar-refractivity contribution is 0.179. The number of halogens is 1. The summed E-state index contributed by atoms with van der Waals surface area (Å²) in [5, 5.41) is 2.90. The van der Waals surface area contributed by atoms with E-state index in [2.05, 4.69) is 20.2 Å². The van der Waals surface area contributed by atoms with Crippen molar-refractivity contribution in [1.29, 1.82) is 0 Å². The van der Waals surface area contributed by atoms with Crippen LogP contribution < -0.4 is 15.8 Å². The van der Waals surface area contributed by atoms with E-state index < -0.39 is 0 Å². The van der Waals surface area contributed by atoms with Gasteiger partial charge in [0.25, 0.3) is 5.56 Å². The Balaban J connectivity index is 1.37. The number of aromatic nitrogens is 2. The first kappa shape index (κ1) is 20.4. The molecule has 30 heavy (non-hydrogen) atoms. The molecule has 0 bridgehead atoms. The van der Waals surface area contributed by atoms with Gasteiger partial charge in [0, 0.05) is 50.0 Å². The van der Waals surface area contributed by atoms with Crippen molar-refractivity contribution < 1.29 is 9.18 Å². The molecule has 2 amide bonds. The maximum Gasteiger partial charge on any atom is 0.317 e. The molecule has 2 N–H and O–H groups in total. The van der Waals surface area contributed by atoms with E-state index in [-0.39, 0.29) is 30.0 Å². The molecule has 8 heteroatoms. The minimum atomic E-state index is -0.300. The summed E-state index contributed by atoms with van der Waals surface area (Å²) in [6.07, 6.45) is 5.55. The Bertz CT molecular complexity index is 959. The van der Waals surface area contributed by atoms with Crippen LogP contribution in [0.5, 0.6) is 0 Å². The lowest BCUT2D eigenvalue weighted by Crippen LogP contribution is -2.47. The number of hydrogen-bond acceptors (Lipinski definition) is 4. The first-order valence-corrected chi connectivity index (χ1v) is 10.6. The molecule has 1 atom stereocenters. The fraction of sp³-hybridized carbons (Fsp3) is 0.500. The number of nitrogens with one attached hydrogen (secondary N) is 2. The molecule has 1 aromatic carbocycles. The molecule has 0 radical (unpaired) electrons. The molecule has 1 aliphatic carbocycles. The van der Waals surface area contributed by atoms with Crippen LogP contribution in [0.2, 0.25) is 0 Å². The van der Waals surface area contributed by atoms with Gasteiger partial charge in [0.1, 0.15) is 5.82 Å². The fourth-order valence-electron chi connectivity index (χ4n) is 4.10. The molecule has 2 fully saturated rings. The van der Waals surface area contributed by atoms with Crippen molar-refractivity contribution in [2.24, 2.45) is 5.92 Å². The number of carbonyl (C=O) groups is 1. The van der Waals surface area contributed by atoms with Crippen molar-refractivity contribution in [1.82, 2.24) is 20.2 Å². The molecule has 4 rings (SSSR count). The number of nitrogens with zero attached hydrogens (tertiary/aromatic N) is 3. The third-order valence-electron chi connectivity index (χ3n) is 5.81. The number of carbonyl (C=O) groups excluding carboxylic acids is 1. The van der Waals surface area contributed by atoms with Crippen LogP contribution in [0.25, 0.3) is 0 Å². The zero-order valence-corrected chi connectivity index (χ0v) is 17.2. The number of aromatic amines is 1. The summed E-state index contributed by atoms with van der Waals surface area (Å²) >= 11 is 0. The van der Waals surface area contributed by atoms with Gasteiger partial charge in [-0.05, 0) is 44.6 Å². The van der Waals surface area contributed by atoms with Crippen LogP contribution >= 0.6 is 0 Å². The summed E-state index contributed by atoms with van der Waals surface area (Å²) in [6.45, 7) is 4.33. The predicted octanol–water partition coefficient (Wildman–Crippen LogP) is 2.81. The van der Waals surface area contributed by atoms with E-state index in [4.69, 9.17) is 0 Å². The van der Waals surface area contributed by atoms with Crippen LogP contribution in [-0.4, -0.2) is 46.6 Å². The molecule has 160 valence electrons. The van der Waals surface area contributed by atoms with Crippen molar-refractivity contribution in [3.63, 3.8) is 0 Å². The van der Waals surface area contributed by atoms with Gasteiger partial charge in [-0.3, -0.25) is 9.78 Å². The van der Waals surface area contributed by atoms with Gasteiger partial charge in [-0.25, -0.2) is 14.2 Å². The molecular formula is C22H28FN5O2. The zero-order chi connectivity index (χ0) is 21.1. The van der Waals surface area contributed by atoms with E-state index in [1.165, 1.54) is 18.3 Å².